The zero-order valence-electron chi connectivity index (χ0n) is 22.6. The second kappa shape index (κ2) is 14.7. The normalized spacial score (nSPS) is 17.9. The van der Waals surface area contributed by atoms with E-state index in [2.05, 4.69) is 22.4 Å². The maximum Gasteiger partial charge on any atom is 0.247 e. The zero-order chi connectivity index (χ0) is 27.5. The minimum absolute atomic E-state index is 0.0291. The van der Waals surface area contributed by atoms with Gasteiger partial charge in [0.15, 0.2) is 0 Å². The van der Waals surface area contributed by atoms with E-state index in [-0.39, 0.29) is 17.9 Å². The first-order valence-corrected chi connectivity index (χ1v) is 13.7. The number of carbonyl (C=O) groups excluding carboxylic acids is 2. The SMILES string of the molecule is CC/C(N)=C/N(N)C(C(=O)N1CCC(O)C1)C(C)CC.Cc1ncsc1-c1ccc(C(C)NC=O)cc1. The maximum atomic E-state index is 12.6. The molecule has 1 aromatic carbocycles. The van der Waals surface area contributed by atoms with E-state index in [0.29, 0.717) is 31.6 Å². The number of likely N-dealkylation sites (tertiary alicyclic amines) is 1. The highest BCUT2D eigenvalue weighted by molar-refractivity contribution is 7.13. The Morgan fingerprint density at radius 3 is 2.49 bits per heavy atom. The van der Waals surface area contributed by atoms with Crippen molar-refractivity contribution < 1.29 is 14.7 Å². The molecule has 2 aromatic rings. The van der Waals surface area contributed by atoms with E-state index in [9.17, 15) is 14.7 Å². The van der Waals surface area contributed by atoms with Gasteiger partial charge in [-0.15, -0.1) is 11.3 Å². The number of aliphatic hydroxyl groups is 1. The highest BCUT2D eigenvalue weighted by Gasteiger charge is 2.34. The lowest BCUT2D eigenvalue weighted by molar-refractivity contribution is -0.137. The molecule has 4 atom stereocenters. The number of nitrogens with one attached hydrogen (secondary N) is 1. The molecule has 2 amide bonds. The van der Waals surface area contributed by atoms with Gasteiger partial charge in [0.25, 0.3) is 0 Å². The third-order valence-corrected chi connectivity index (χ3v) is 7.67. The summed E-state index contributed by atoms with van der Waals surface area (Å²) in [5.41, 5.74) is 11.6. The summed E-state index contributed by atoms with van der Waals surface area (Å²) in [6, 6.07) is 7.82. The first-order valence-electron chi connectivity index (χ1n) is 12.8. The van der Waals surface area contributed by atoms with Crippen molar-refractivity contribution in [1.29, 1.82) is 0 Å². The van der Waals surface area contributed by atoms with Gasteiger partial charge in [-0.1, -0.05) is 51.5 Å². The molecule has 1 aromatic heterocycles. The first-order chi connectivity index (χ1) is 17.6. The van der Waals surface area contributed by atoms with Crippen LogP contribution >= 0.6 is 11.3 Å². The fraction of sp³-hybridized carbons (Fsp3) is 0.519. The van der Waals surface area contributed by atoms with E-state index < -0.39 is 12.1 Å². The smallest absolute Gasteiger partial charge is 0.247 e. The summed E-state index contributed by atoms with van der Waals surface area (Å²) in [5.74, 6) is 6.13. The molecule has 0 saturated carbocycles. The molecule has 3 rings (SSSR count). The van der Waals surface area contributed by atoms with Crippen LogP contribution in [0.15, 0.2) is 41.7 Å². The van der Waals surface area contributed by atoms with Crippen LogP contribution in [0, 0.1) is 12.8 Å². The molecule has 0 radical (unpaired) electrons. The fourth-order valence-corrected chi connectivity index (χ4v) is 4.89. The van der Waals surface area contributed by atoms with Crippen LogP contribution in [0.5, 0.6) is 0 Å². The van der Waals surface area contributed by atoms with Gasteiger partial charge >= 0.3 is 0 Å². The third-order valence-electron chi connectivity index (χ3n) is 6.69. The monoisotopic (exact) mass is 530 g/mol. The number of aryl methyl sites for hydroxylation is 1. The Morgan fingerprint density at radius 1 is 1.32 bits per heavy atom. The number of benzene rings is 1. The molecule has 9 nitrogen and oxygen atoms in total. The van der Waals surface area contributed by atoms with Crippen LogP contribution in [0.2, 0.25) is 0 Å². The molecule has 10 heteroatoms. The number of rotatable bonds is 10. The van der Waals surface area contributed by atoms with E-state index in [1.807, 2.05) is 52.3 Å². The number of nitrogens with zero attached hydrogens (tertiary/aromatic N) is 3. The fourth-order valence-electron chi connectivity index (χ4n) is 4.08. The van der Waals surface area contributed by atoms with Gasteiger partial charge in [-0.2, -0.15) is 0 Å². The van der Waals surface area contributed by atoms with Gasteiger partial charge in [0.05, 0.1) is 28.2 Å². The molecule has 0 aliphatic carbocycles. The topological polar surface area (TPSA) is 138 Å². The molecular weight excluding hydrogens is 488 g/mol. The molecule has 1 aliphatic rings. The summed E-state index contributed by atoms with van der Waals surface area (Å²) in [6.07, 6.45) is 4.13. The summed E-state index contributed by atoms with van der Waals surface area (Å²) >= 11 is 1.64. The van der Waals surface area contributed by atoms with E-state index in [0.717, 1.165) is 24.1 Å². The number of amides is 2. The minimum atomic E-state index is -0.435. The molecule has 1 aliphatic heterocycles. The summed E-state index contributed by atoms with van der Waals surface area (Å²) in [4.78, 5) is 30.1. The van der Waals surface area contributed by atoms with Gasteiger partial charge in [-0.3, -0.25) is 9.59 Å². The minimum Gasteiger partial charge on any atom is -0.401 e. The van der Waals surface area contributed by atoms with E-state index in [1.54, 1.807) is 22.4 Å². The third kappa shape index (κ3) is 8.55. The Labute approximate surface area is 224 Å². The van der Waals surface area contributed by atoms with E-state index >= 15 is 0 Å². The number of allylic oxidation sites excluding steroid dienone is 1. The van der Waals surface area contributed by atoms with Crippen LogP contribution in [0.3, 0.4) is 0 Å². The van der Waals surface area contributed by atoms with Crippen molar-refractivity contribution in [3.8, 4) is 10.4 Å². The largest absolute Gasteiger partial charge is 0.401 e. The number of nitrogens with two attached hydrogens (primary N) is 2. The average Bonchev–Trinajstić information content (AvgIpc) is 3.52. The van der Waals surface area contributed by atoms with Gasteiger partial charge in [0, 0.05) is 25.0 Å². The lowest BCUT2D eigenvalue weighted by Crippen LogP contribution is -2.52. The Hall–Kier alpha value is -2.95. The molecule has 2 heterocycles. The number of hydrazine groups is 1. The van der Waals surface area contributed by atoms with Gasteiger partial charge in [0.1, 0.15) is 6.04 Å². The molecule has 4 unspecified atom stereocenters. The summed E-state index contributed by atoms with van der Waals surface area (Å²) in [5, 5.41) is 13.7. The molecular formula is C27H42N6O3S. The number of thiazole rings is 1. The lowest BCUT2D eigenvalue weighted by Gasteiger charge is -2.33. The number of hydrogen-bond acceptors (Lipinski definition) is 8. The summed E-state index contributed by atoms with van der Waals surface area (Å²) < 4.78 is 0. The first kappa shape index (κ1) is 30.3. The van der Waals surface area contributed by atoms with Crippen molar-refractivity contribution in [2.75, 3.05) is 13.1 Å². The van der Waals surface area contributed by atoms with E-state index in [4.69, 9.17) is 11.6 Å². The van der Waals surface area contributed by atoms with Gasteiger partial charge < -0.3 is 26.1 Å². The summed E-state index contributed by atoms with van der Waals surface area (Å²) in [6.45, 7) is 10.9. The second-order valence-corrected chi connectivity index (χ2v) is 10.3. The quantitative estimate of drug-likeness (QED) is 0.210. The Balaban J connectivity index is 0.000000263. The van der Waals surface area contributed by atoms with Crippen molar-refractivity contribution in [3.63, 3.8) is 0 Å². The molecule has 1 saturated heterocycles. The number of carbonyl (C=O) groups is 2. The van der Waals surface area contributed by atoms with Crippen LogP contribution in [0.4, 0.5) is 0 Å². The van der Waals surface area contributed by atoms with E-state index in [1.165, 1.54) is 15.4 Å². The number of β-amino-alcohol motifs (C(OH)–C–C–N with tert-alkyl or cyclic N) is 1. The van der Waals surface area contributed by atoms with Crippen LogP contribution in [0.25, 0.3) is 10.4 Å². The van der Waals surface area contributed by atoms with Gasteiger partial charge in [-0.25, -0.2) is 10.8 Å². The van der Waals surface area contributed by atoms with Crippen molar-refractivity contribution in [2.45, 2.75) is 72.1 Å². The van der Waals surface area contributed by atoms with Crippen molar-refractivity contribution in [3.05, 3.63) is 52.9 Å². The highest BCUT2D eigenvalue weighted by atomic mass is 32.1. The highest BCUT2D eigenvalue weighted by Crippen LogP contribution is 2.28. The standard InChI is InChI=1S/C14H28N4O2.C13H14N2OS/c1-4-10(3)13(18(16)8-11(15)5-2)14(20)17-7-6-12(19)9-17;1-9(14-7-16)11-3-5-12(6-4-11)13-10(2)15-8-17-13/h8,10,12-13,19H,4-7,9,15-16H2,1-3H3;3-9H,1-2H3,(H,14,16)/b11-8-;. The second-order valence-electron chi connectivity index (χ2n) is 9.46. The van der Waals surface area contributed by atoms with Crippen LogP contribution in [-0.4, -0.2) is 57.6 Å². The van der Waals surface area contributed by atoms with Crippen LogP contribution < -0.4 is 16.9 Å². The Kier molecular flexibility index (Phi) is 12.0. The molecule has 204 valence electrons. The maximum absolute atomic E-state index is 12.6. The van der Waals surface area contributed by atoms with Crippen molar-refractivity contribution in [2.24, 2.45) is 17.5 Å². The predicted octanol–water partition coefficient (Wildman–Crippen LogP) is 3.31. The average molecular weight is 531 g/mol. The molecule has 6 N–H and O–H groups in total. The number of aromatic nitrogens is 1. The number of aliphatic hydroxyl groups excluding tert-OH is 1. The van der Waals surface area contributed by atoms with Crippen LogP contribution in [0.1, 0.15) is 64.3 Å². The lowest BCUT2D eigenvalue weighted by atomic mass is 9.97. The predicted molar refractivity (Wildman–Crippen MR) is 149 cm³/mol. The van der Waals surface area contributed by atoms with Gasteiger partial charge in [0.2, 0.25) is 12.3 Å². The van der Waals surface area contributed by atoms with Crippen LogP contribution in [-0.2, 0) is 9.59 Å². The van der Waals surface area contributed by atoms with Crippen molar-refractivity contribution >= 4 is 23.7 Å². The van der Waals surface area contributed by atoms with Crippen molar-refractivity contribution in [1.82, 2.24) is 20.2 Å². The number of hydrogen-bond donors (Lipinski definition) is 4. The molecule has 1 fully saturated rings. The molecule has 37 heavy (non-hydrogen) atoms. The Morgan fingerprint density at radius 2 is 2.00 bits per heavy atom. The molecule has 0 spiro atoms. The molecule has 0 bridgehead atoms. The summed E-state index contributed by atoms with van der Waals surface area (Å²) in [7, 11) is 0. The zero-order valence-corrected chi connectivity index (χ0v) is 23.4. The Bertz CT molecular complexity index is 1030. The van der Waals surface area contributed by atoms with Gasteiger partial charge in [-0.05, 0) is 43.7 Å².